The number of carbonyl (C=O) groups excluding carboxylic acids is 1. The average Bonchev–Trinajstić information content (AvgIpc) is 3.00. The topological polar surface area (TPSA) is 20.3 Å². The number of amides is 1. The molecule has 0 saturated carbocycles. The van der Waals surface area contributed by atoms with Crippen LogP contribution in [0.4, 0.5) is 0 Å². The molecule has 0 N–H and O–H groups in total. The van der Waals surface area contributed by atoms with E-state index in [0.717, 1.165) is 12.8 Å². The zero-order valence-corrected chi connectivity index (χ0v) is 12.0. The average molecular weight is 277 g/mol. The number of nitrogens with zero attached hydrogens (tertiary/aromatic N) is 1. The Morgan fingerprint density at radius 2 is 1.33 bits per heavy atom. The summed E-state index contributed by atoms with van der Waals surface area (Å²) in [7, 11) is 0. The zero-order chi connectivity index (χ0) is 14.7. The fraction of sp³-hybridized carbons (Fsp3) is 0.211. The molecule has 1 amide bonds. The van der Waals surface area contributed by atoms with E-state index >= 15 is 0 Å². The van der Waals surface area contributed by atoms with E-state index in [0.29, 0.717) is 0 Å². The minimum absolute atomic E-state index is 0.00945. The van der Waals surface area contributed by atoms with Crippen molar-refractivity contribution in [3.63, 3.8) is 0 Å². The van der Waals surface area contributed by atoms with Crippen molar-refractivity contribution in [2.75, 3.05) is 0 Å². The van der Waals surface area contributed by atoms with E-state index in [1.165, 1.54) is 17.2 Å². The van der Waals surface area contributed by atoms with Crippen LogP contribution in [0, 0.1) is 0 Å². The van der Waals surface area contributed by atoms with Gasteiger partial charge < -0.3 is 4.90 Å². The molecule has 0 aliphatic carbocycles. The molecule has 2 atom stereocenters. The molecule has 1 fully saturated rings. The van der Waals surface area contributed by atoms with Gasteiger partial charge >= 0.3 is 0 Å². The molecule has 1 aliphatic rings. The predicted octanol–water partition coefficient (Wildman–Crippen LogP) is 4.28. The summed E-state index contributed by atoms with van der Waals surface area (Å²) in [5.74, 6) is 0.00945. The van der Waals surface area contributed by atoms with Crippen molar-refractivity contribution < 1.29 is 4.79 Å². The van der Waals surface area contributed by atoms with Crippen molar-refractivity contribution in [1.82, 2.24) is 4.90 Å². The molecule has 1 heterocycles. The first-order valence-electron chi connectivity index (χ1n) is 7.36. The maximum Gasteiger partial charge on any atom is 0.246 e. The van der Waals surface area contributed by atoms with Crippen LogP contribution in [0.25, 0.3) is 0 Å². The quantitative estimate of drug-likeness (QED) is 0.767. The van der Waals surface area contributed by atoms with E-state index in [2.05, 4.69) is 30.8 Å². The Morgan fingerprint density at radius 1 is 0.905 bits per heavy atom. The highest BCUT2D eigenvalue weighted by molar-refractivity contribution is 5.88. The third-order valence-electron chi connectivity index (χ3n) is 4.18. The van der Waals surface area contributed by atoms with Gasteiger partial charge in [-0.1, -0.05) is 67.2 Å². The summed E-state index contributed by atoms with van der Waals surface area (Å²) in [5, 5.41) is 0. The predicted molar refractivity (Wildman–Crippen MR) is 84.6 cm³/mol. The zero-order valence-electron chi connectivity index (χ0n) is 12.0. The van der Waals surface area contributed by atoms with Crippen LogP contribution in [0.1, 0.15) is 36.1 Å². The standard InChI is InChI=1S/C19H19NO/c1-2-19(21)20-17(15-9-5-3-6-10-15)13-14-18(20)16-11-7-4-8-12-16/h2-12,17-18H,1,13-14H2/t17-,18-/m1/s1. The first-order chi connectivity index (χ1) is 10.3. The number of carbonyl (C=O) groups is 1. The van der Waals surface area contributed by atoms with E-state index in [1.54, 1.807) is 0 Å². The summed E-state index contributed by atoms with van der Waals surface area (Å²) >= 11 is 0. The second kappa shape index (κ2) is 5.96. The maximum atomic E-state index is 12.4. The summed E-state index contributed by atoms with van der Waals surface area (Å²) in [6.45, 7) is 3.67. The molecule has 21 heavy (non-hydrogen) atoms. The molecule has 2 heteroatoms. The molecule has 0 radical (unpaired) electrons. The van der Waals surface area contributed by atoms with Crippen LogP contribution in [0.5, 0.6) is 0 Å². The van der Waals surface area contributed by atoms with Crippen molar-refractivity contribution in [3.05, 3.63) is 84.4 Å². The van der Waals surface area contributed by atoms with Crippen molar-refractivity contribution in [2.24, 2.45) is 0 Å². The van der Waals surface area contributed by atoms with Crippen LogP contribution in [0.2, 0.25) is 0 Å². The number of likely N-dealkylation sites (tertiary alicyclic amines) is 1. The molecule has 0 bridgehead atoms. The Kier molecular flexibility index (Phi) is 3.87. The van der Waals surface area contributed by atoms with Crippen molar-refractivity contribution in [2.45, 2.75) is 24.9 Å². The van der Waals surface area contributed by atoms with E-state index in [9.17, 15) is 4.79 Å². The van der Waals surface area contributed by atoms with Gasteiger partial charge in [-0.2, -0.15) is 0 Å². The Morgan fingerprint density at radius 3 is 1.71 bits per heavy atom. The van der Waals surface area contributed by atoms with Crippen LogP contribution in [0.15, 0.2) is 73.3 Å². The van der Waals surface area contributed by atoms with Crippen LogP contribution in [0.3, 0.4) is 0 Å². The Hall–Kier alpha value is -2.35. The molecule has 2 aromatic rings. The van der Waals surface area contributed by atoms with Gasteiger partial charge in [-0.15, -0.1) is 0 Å². The third-order valence-corrected chi connectivity index (χ3v) is 4.18. The molecule has 2 aromatic carbocycles. The van der Waals surface area contributed by atoms with Crippen molar-refractivity contribution in [3.8, 4) is 0 Å². The van der Waals surface area contributed by atoms with Crippen LogP contribution >= 0.6 is 0 Å². The third kappa shape index (κ3) is 2.62. The lowest BCUT2D eigenvalue weighted by Gasteiger charge is -2.30. The normalized spacial score (nSPS) is 21.2. The minimum atomic E-state index is 0.00945. The van der Waals surface area contributed by atoms with Crippen LogP contribution in [-0.2, 0) is 4.79 Å². The van der Waals surface area contributed by atoms with Crippen LogP contribution in [-0.4, -0.2) is 10.8 Å². The summed E-state index contributed by atoms with van der Waals surface area (Å²) in [6.07, 6.45) is 3.41. The lowest BCUT2D eigenvalue weighted by molar-refractivity contribution is -0.129. The van der Waals surface area contributed by atoms with Gasteiger partial charge in [-0.25, -0.2) is 0 Å². The molecular weight excluding hydrogens is 258 g/mol. The summed E-state index contributed by atoms with van der Waals surface area (Å²) in [6, 6.07) is 20.8. The van der Waals surface area contributed by atoms with Gasteiger partial charge in [0.2, 0.25) is 5.91 Å². The van der Waals surface area contributed by atoms with E-state index in [4.69, 9.17) is 0 Å². The maximum absolute atomic E-state index is 12.4. The van der Waals surface area contributed by atoms with Gasteiger partial charge in [0.25, 0.3) is 0 Å². The van der Waals surface area contributed by atoms with Gasteiger partial charge in [0, 0.05) is 0 Å². The first-order valence-corrected chi connectivity index (χ1v) is 7.36. The van der Waals surface area contributed by atoms with Crippen LogP contribution < -0.4 is 0 Å². The summed E-state index contributed by atoms with van der Waals surface area (Å²) < 4.78 is 0. The Balaban J connectivity index is 1.97. The Labute approximate surface area is 125 Å². The van der Waals surface area contributed by atoms with Crippen molar-refractivity contribution in [1.29, 1.82) is 0 Å². The fourth-order valence-electron chi connectivity index (χ4n) is 3.23. The molecule has 3 rings (SSSR count). The van der Waals surface area contributed by atoms with Gasteiger partial charge in [0.05, 0.1) is 12.1 Å². The van der Waals surface area contributed by atoms with Gasteiger partial charge in [0.15, 0.2) is 0 Å². The molecule has 0 aromatic heterocycles. The largest absolute Gasteiger partial charge is 0.325 e. The number of hydrogen-bond donors (Lipinski definition) is 0. The number of benzene rings is 2. The lowest BCUT2D eigenvalue weighted by Crippen LogP contribution is -2.31. The minimum Gasteiger partial charge on any atom is -0.325 e. The van der Waals surface area contributed by atoms with Gasteiger partial charge in [-0.05, 0) is 30.0 Å². The van der Waals surface area contributed by atoms with Gasteiger partial charge in [0.1, 0.15) is 0 Å². The first kappa shape index (κ1) is 13.6. The second-order valence-electron chi connectivity index (χ2n) is 5.38. The molecular formula is C19H19NO. The smallest absolute Gasteiger partial charge is 0.246 e. The van der Waals surface area contributed by atoms with Gasteiger partial charge in [-0.3, -0.25) is 4.79 Å². The van der Waals surface area contributed by atoms with Crippen molar-refractivity contribution >= 4 is 5.91 Å². The fourth-order valence-corrected chi connectivity index (χ4v) is 3.23. The summed E-state index contributed by atoms with van der Waals surface area (Å²) in [5.41, 5.74) is 2.40. The highest BCUT2D eigenvalue weighted by Gasteiger charge is 2.37. The molecule has 1 saturated heterocycles. The Bertz CT molecular complexity index is 573. The second-order valence-corrected chi connectivity index (χ2v) is 5.38. The monoisotopic (exact) mass is 277 g/mol. The molecule has 2 nitrogen and oxygen atoms in total. The summed E-state index contributed by atoms with van der Waals surface area (Å²) in [4.78, 5) is 14.4. The molecule has 1 aliphatic heterocycles. The molecule has 106 valence electrons. The highest BCUT2D eigenvalue weighted by atomic mass is 16.2. The highest BCUT2D eigenvalue weighted by Crippen LogP contribution is 2.43. The molecule has 0 unspecified atom stereocenters. The van der Waals surface area contributed by atoms with E-state index < -0.39 is 0 Å². The van der Waals surface area contributed by atoms with E-state index in [-0.39, 0.29) is 18.0 Å². The number of rotatable bonds is 3. The number of hydrogen-bond acceptors (Lipinski definition) is 1. The SMILES string of the molecule is C=CC(=O)N1[C@@H](c2ccccc2)CC[C@@H]1c1ccccc1. The van der Waals surface area contributed by atoms with E-state index in [1.807, 2.05) is 41.3 Å². The lowest BCUT2D eigenvalue weighted by atomic mass is 10.0. The molecule has 0 spiro atoms.